The average molecular weight is 387 g/mol. The Morgan fingerprint density at radius 1 is 1.15 bits per heavy atom. The first-order chi connectivity index (χ1) is 12.8. The molecule has 0 saturated heterocycles. The average Bonchev–Trinajstić information content (AvgIpc) is 2.59. The number of para-hydroxylation sites is 1. The number of nitrogens with one attached hydrogen (secondary N) is 1. The molecule has 27 heavy (non-hydrogen) atoms. The van der Waals surface area contributed by atoms with Crippen LogP contribution in [0.4, 0.5) is 5.69 Å². The maximum atomic E-state index is 12.4. The van der Waals surface area contributed by atoms with Crippen molar-refractivity contribution in [1.82, 2.24) is 9.97 Å². The Balaban J connectivity index is 2.02. The number of nitrogens with zero attached hydrogens (tertiary/aromatic N) is 2. The van der Waals surface area contributed by atoms with Crippen molar-refractivity contribution in [3.8, 4) is 0 Å². The van der Waals surface area contributed by atoms with Gasteiger partial charge in [-0.25, -0.2) is 9.97 Å². The number of amides is 2. The van der Waals surface area contributed by atoms with E-state index in [9.17, 15) is 9.59 Å². The van der Waals surface area contributed by atoms with Crippen molar-refractivity contribution >= 4 is 29.3 Å². The first-order valence-electron chi connectivity index (χ1n) is 8.92. The highest BCUT2D eigenvalue weighted by Crippen LogP contribution is 2.24. The second kappa shape index (κ2) is 9.50. The molecular formula is C20H26N4O2S. The predicted molar refractivity (Wildman–Crippen MR) is 109 cm³/mol. The van der Waals surface area contributed by atoms with E-state index in [4.69, 9.17) is 5.73 Å². The third-order valence-corrected chi connectivity index (χ3v) is 5.07. The number of anilines is 1. The molecule has 0 unspecified atom stereocenters. The minimum absolute atomic E-state index is 0.0333. The van der Waals surface area contributed by atoms with Crippen LogP contribution in [0.5, 0.6) is 0 Å². The topological polar surface area (TPSA) is 98.0 Å². The molecule has 2 rings (SSSR count). The largest absolute Gasteiger partial charge is 0.369 e. The van der Waals surface area contributed by atoms with Crippen LogP contribution in [-0.4, -0.2) is 27.5 Å². The Kier molecular flexibility index (Phi) is 7.36. The second-order valence-corrected chi connectivity index (χ2v) is 7.64. The summed E-state index contributed by atoms with van der Waals surface area (Å²) in [6, 6.07) is 7.86. The summed E-state index contributed by atoms with van der Waals surface area (Å²) >= 11 is 1.22. The van der Waals surface area contributed by atoms with E-state index in [0.717, 1.165) is 28.2 Å². The van der Waals surface area contributed by atoms with Crippen molar-refractivity contribution < 1.29 is 9.59 Å². The van der Waals surface area contributed by atoms with Gasteiger partial charge in [-0.15, -0.1) is 0 Å². The highest BCUT2D eigenvalue weighted by molar-refractivity contribution is 7.99. The molecule has 0 fully saturated rings. The number of rotatable bonds is 8. The number of benzene rings is 1. The molecule has 0 atom stereocenters. The third-order valence-electron chi connectivity index (χ3n) is 4.20. The lowest BCUT2D eigenvalue weighted by molar-refractivity contribution is -0.116. The molecule has 7 heteroatoms. The Bertz CT molecular complexity index is 813. The van der Waals surface area contributed by atoms with Crippen LogP contribution in [0.15, 0.2) is 29.4 Å². The maximum Gasteiger partial charge on any atom is 0.227 e. The van der Waals surface area contributed by atoms with Crippen LogP contribution >= 0.6 is 11.8 Å². The van der Waals surface area contributed by atoms with Crippen molar-refractivity contribution in [3.05, 3.63) is 46.8 Å². The molecule has 1 aromatic carbocycles. The van der Waals surface area contributed by atoms with Gasteiger partial charge in [0.25, 0.3) is 0 Å². The van der Waals surface area contributed by atoms with Crippen LogP contribution in [0.25, 0.3) is 0 Å². The van der Waals surface area contributed by atoms with E-state index in [2.05, 4.69) is 29.1 Å². The highest BCUT2D eigenvalue weighted by Gasteiger charge is 2.13. The molecule has 0 bridgehead atoms. The van der Waals surface area contributed by atoms with Crippen LogP contribution in [0.3, 0.4) is 0 Å². The van der Waals surface area contributed by atoms with E-state index in [1.54, 1.807) is 0 Å². The number of thioether (sulfide) groups is 1. The van der Waals surface area contributed by atoms with E-state index in [-0.39, 0.29) is 11.7 Å². The van der Waals surface area contributed by atoms with Gasteiger partial charge >= 0.3 is 0 Å². The van der Waals surface area contributed by atoms with Crippen molar-refractivity contribution in [2.24, 2.45) is 5.73 Å². The zero-order valence-corrected chi connectivity index (χ0v) is 17.0. The van der Waals surface area contributed by atoms with Crippen LogP contribution in [0, 0.1) is 13.8 Å². The molecule has 6 nitrogen and oxygen atoms in total. The summed E-state index contributed by atoms with van der Waals surface area (Å²) in [5, 5.41) is 3.54. The van der Waals surface area contributed by atoms with Gasteiger partial charge in [0, 0.05) is 23.5 Å². The molecule has 2 aromatic rings. The molecule has 1 heterocycles. The molecule has 144 valence electrons. The monoisotopic (exact) mass is 386 g/mol. The number of nitrogens with two attached hydrogens (primary N) is 1. The number of carbonyl (C=O) groups excluding carboxylic acids is 2. The maximum absolute atomic E-state index is 12.4. The zero-order chi connectivity index (χ0) is 20.0. The lowest BCUT2D eigenvalue weighted by Gasteiger charge is -2.14. The Morgan fingerprint density at radius 3 is 2.37 bits per heavy atom. The Hall–Kier alpha value is -2.41. The Labute approximate surface area is 164 Å². The van der Waals surface area contributed by atoms with Crippen molar-refractivity contribution in [2.75, 3.05) is 11.1 Å². The van der Waals surface area contributed by atoms with Crippen molar-refractivity contribution in [2.45, 2.75) is 51.6 Å². The summed E-state index contributed by atoms with van der Waals surface area (Å²) < 4.78 is 0. The number of aromatic nitrogens is 2. The summed E-state index contributed by atoms with van der Waals surface area (Å²) in [7, 11) is 0. The predicted octanol–water partition coefficient (Wildman–Crippen LogP) is 3.37. The normalized spacial score (nSPS) is 10.9. The molecule has 0 aliphatic heterocycles. The molecule has 2 amide bonds. The highest BCUT2D eigenvalue weighted by atomic mass is 32.2. The molecule has 3 N–H and O–H groups in total. The van der Waals surface area contributed by atoms with Crippen LogP contribution < -0.4 is 11.1 Å². The van der Waals surface area contributed by atoms with Gasteiger partial charge in [-0.05, 0) is 43.4 Å². The smallest absolute Gasteiger partial charge is 0.227 e. The van der Waals surface area contributed by atoms with Crippen LogP contribution in [-0.2, 0) is 16.0 Å². The van der Waals surface area contributed by atoms with E-state index in [1.807, 2.05) is 38.1 Å². The number of carbonyl (C=O) groups is 2. The van der Waals surface area contributed by atoms with Gasteiger partial charge in [0.15, 0.2) is 5.16 Å². The molecule has 0 saturated carbocycles. The van der Waals surface area contributed by atoms with Crippen LogP contribution in [0.1, 0.15) is 48.7 Å². The molecule has 1 aromatic heterocycles. The van der Waals surface area contributed by atoms with Crippen molar-refractivity contribution in [1.29, 1.82) is 0 Å². The lowest BCUT2D eigenvalue weighted by Crippen LogP contribution is -2.15. The summed E-state index contributed by atoms with van der Waals surface area (Å²) in [6.07, 6.45) is 0.916. The lowest BCUT2D eigenvalue weighted by atomic mass is 10.0. The van der Waals surface area contributed by atoms with E-state index < -0.39 is 5.91 Å². The summed E-state index contributed by atoms with van der Waals surface area (Å²) in [5.74, 6) is 0.0517. The second-order valence-electron chi connectivity index (χ2n) is 6.70. The van der Waals surface area contributed by atoms with Gasteiger partial charge in [-0.1, -0.05) is 43.8 Å². The minimum Gasteiger partial charge on any atom is -0.369 e. The van der Waals surface area contributed by atoms with E-state index in [0.29, 0.717) is 23.9 Å². The summed E-state index contributed by atoms with van der Waals surface area (Å²) in [4.78, 5) is 32.2. The van der Waals surface area contributed by atoms with Gasteiger partial charge < -0.3 is 11.1 Å². The van der Waals surface area contributed by atoms with Gasteiger partial charge in [-0.2, -0.15) is 0 Å². The molecule has 0 aliphatic rings. The molecular weight excluding hydrogens is 360 g/mol. The standard InChI is InChI=1S/C20H26N4O2S/c1-12(2)15-7-5-6-8-17(15)24-19(26)10-9-16-13(3)22-20(23-14(16)4)27-11-18(21)25/h5-8,12H,9-11H2,1-4H3,(H2,21,25)(H,24,26). The van der Waals surface area contributed by atoms with Crippen molar-refractivity contribution in [3.63, 3.8) is 0 Å². The minimum atomic E-state index is -0.402. The first-order valence-corrected chi connectivity index (χ1v) is 9.90. The van der Waals surface area contributed by atoms with Gasteiger partial charge in [0.2, 0.25) is 11.8 Å². The number of primary amides is 1. The van der Waals surface area contributed by atoms with E-state index >= 15 is 0 Å². The number of hydrogen-bond donors (Lipinski definition) is 2. The number of aryl methyl sites for hydroxylation is 2. The fourth-order valence-electron chi connectivity index (χ4n) is 2.84. The Morgan fingerprint density at radius 2 is 1.78 bits per heavy atom. The summed E-state index contributed by atoms with van der Waals surface area (Å²) in [5.41, 5.74) is 9.76. The van der Waals surface area contributed by atoms with Gasteiger partial charge in [-0.3, -0.25) is 9.59 Å². The molecule has 0 radical (unpaired) electrons. The van der Waals surface area contributed by atoms with Crippen LogP contribution in [0.2, 0.25) is 0 Å². The van der Waals surface area contributed by atoms with Gasteiger partial charge in [0.1, 0.15) is 0 Å². The first kappa shape index (κ1) is 20.9. The zero-order valence-electron chi connectivity index (χ0n) is 16.2. The van der Waals surface area contributed by atoms with Gasteiger partial charge in [0.05, 0.1) is 5.75 Å². The molecule has 0 spiro atoms. The summed E-state index contributed by atoms with van der Waals surface area (Å²) in [6.45, 7) is 7.99. The fraction of sp³-hybridized carbons (Fsp3) is 0.400. The quantitative estimate of drug-likeness (QED) is 0.535. The third kappa shape index (κ3) is 6.06. The fourth-order valence-corrected chi connectivity index (χ4v) is 3.51. The van der Waals surface area contributed by atoms with E-state index in [1.165, 1.54) is 11.8 Å². The number of hydrogen-bond acceptors (Lipinski definition) is 5. The SMILES string of the molecule is Cc1nc(SCC(N)=O)nc(C)c1CCC(=O)Nc1ccccc1C(C)C. The molecule has 0 aliphatic carbocycles.